The standard InChI is InChI=1S/C28H30N.2ClH.Ti/c1-18-15-20(3)27(21(4)16-18)29-28(5,6)25-14-10-9-13-24(25)26-19(2)17-22-11-7-8-12-23(22)26;;;/h7-17,26H,1-6H3;2*1H;/q-1;;;+3/p-2. The van der Waals surface area contributed by atoms with Crippen LogP contribution in [0.4, 0.5) is 5.69 Å². The van der Waals surface area contributed by atoms with Gasteiger partial charge in [-0.25, -0.2) is 0 Å². The average molecular weight is 499 g/mol. The Hall–Kier alpha value is -1.51. The van der Waals surface area contributed by atoms with E-state index in [-0.39, 0.29) is 52.1 Å². The van der Waals surface area contributed by atoms with E-state index in [9.17, 15) is 0 Å². The maximum absolute atomic E-state index is 5.29. The summed E-state index contributed by atoms with van der Waals surface area (Å²) < 4.78 is 0. The van der Waals surface area contributed by atoms with Crippen LogP contribution in [0.3, 0.4) is 0 Å². The Labute approximate surface area is 220 Å². The van der Waals surface area contributed by atoms with Crippen molar-refractivity contribution in [1.82, 2.24) is 0 Å². The third-order valence-corrected chi connectivity index (χ3v) is 6.10. The van der Waals surface area contributed by atoms with E-state index < -0.39 is 0 Å². The van der Waals surface area contributed by atoms with E-state index in [0.717, 1.165) is 5.69 Å². The summed E-state index contributed by atoms with van der Waals surface area (Å²) in [4.78, 5) is 0. The second kappa shape index (κ2) is 11.1. The minimum Gasteiger partial charge on any atom is -1.00 e. The Bertz CT molecular complexity index is 1090. The van der Waals surface area contributed by atoms with Gasteiger partial charge >= 0.3 is 21.7 Å². The first kappa shape index (κ1) is 28.5. The topological polar surface area (TPSA) is 14.1 Å². The molecule has 1 nitrogen and oxygen atoms in total. The minimum absolute atomic E-state index is 0. The van der Waals surface area contributed by atoms with Crippen LogP contribution in [0.1, 0.15) is 65.6 Å². The van der Waals surface area contributed by atoms with Gasteiger partial charge in [-0.3, -0.25) is 0 Å². The Kier molecular flexibility index (Phi) is 9.88. The molecule has 0 amide bonds. The molecule has 32 heavy (non-hydrogen) atoms. The van der Waals surface area contributed by atoms with Crippen molar-refractivity contribution in [3.8, 4) is 0 Å². The molecule has 165 valence electrons. The predicted octanol–water partition coefficient (Wildman–Crippen LogP) is 2.11. The first-order valence-corrected chi connectivity index (χ1v) is 10.4. The molecule has 0 heterocycles. The second-order valence-corrected chi connectivity index (χ2v) is 8.96. The van der Waals surface area contributed by atoms with Gasteiger partial charge in [0.05, 0.1) is 0 Å². The largest absolute Gasteiger partial charge is 3.00 e. The molecule has 1 aliphatic rings. The van der Waals surface area contributed by atoms with Crippen molar-refractivity contribution >= 4 is 11.8 Å². The molecule has 1 radical (unpaired) electrons. The number of rotatable bonds is 4. The molecule has 3 aromatic carbocycles. The van der Waals surface area contributed by atoms with E-state index in [2.05, 4.69) is 108 Å². The summed E-state index contributed by atoms with van der Waals surface area (Å²) in [6, 6.07) is 22.1. The van der Waals surface area contributed by atoms with Gasteiger partial charge in [0.25, 0.3) is 0 Å². The van der Waals surface area contributed by atoms with Crippen LogP contribution in [0.5, 0.6) is 0 Å². The molecule has 0 saturated carbocycles. The number of hydrogen-bond acceptors (Lipinski definition) is 0. The quantitative estimate of drug-likeness (QED) is 0.489. The number of halogens is 2. The van der Waals surface area contributed by atoms with Gasteiger partial charge < -0.3 is 30.1 Å². The normalized spacial score (nSPS) is 14.3. The zero-order chi connectivity index (χ0) is 20.8. The summed E-state index contributed by atoms with van der Waals surface area (Å²) in [6.07, 6.45) is 2.33. The van der Waals surface area contributed by atoms with Crippen LogP contribution in [0.2, 0.25) is 0 Å². The summed E-state index contributed by atoms with van der Waals surface area (Å²) in [5, 5.41) is 5.29. The van der Waals surface area contributed by atoms with Gasteiger partial charge in [0, 0.05) is 5.92 Å². The van der Waals surface area contributed by atoms with Crippen LogP contribution < -0.4 is 24.8 Å². The minimum atomic E-state index is -0.320. The van der Waals surface area contributed by atoms with Crippen molar-refractivity contribution in [3.05, 3.63) is 110 Å². The molecule has 1 atom stereocenters. The van der Waals surface area contributed by atoms with Gasteiger partial charge in [-0.15, -0.1) is 5.69 Å². The molecule has 3 aromatic rings. The molecule has 1 unspecified atom stereocenters. The number of fused-ring (bicyclic) bond motifs is 1. The van der Waals surface area contributed by atoms with Crippen LogP contribution in [0.25, 0.3) is 11.4 Å². The molecule has 1 aliphatic carbocycles. The van der Waals surface area contributed by atoms with Crippen molar-refractivity contribution in [1.29, 1.82) is 0 Å². The van der Waals surface area contributed by atoms with E-state index in [1.807, 2.05) is 0 Å². The molecule has 0 aromatic heterocycles. The Morgan fingerprint density at radius 3 is 1.91 bits per heavy atom. The smallest absolute Gasteiger partial charge is 1.00 e. The van der Waals surface area contributed by atoms with Gasteiger partial charge in [-0.1, -0.05) is 114 Å². The van der Waals surface area contributed by atoms with Gasteiger partial charge in [0.15, 0.2) is 0 Å². The molecule has 0 fully saturated rings. The molecular weight excluding hydrogens is 469 g/mol. The van der Waals surface area contributed by atoms with Crippen molar-refractivity contribution in [3.63, 3.8) is 0 Å². The second-order valence-electron chi connectivity index (χ2n) is 8.96. The molecule has 4 rings (SSSR count). The fourth-order valence-electron chi connectivity index (χ4n) is 4.89. The van der Waals surface area contributed by atoms with Crippen LogP contribution in [0, 0.1) is 20.8 Å². The third kappa shape index (κ3) is 5.34. The number of allylic oxidation sites excluding steroid dienone is 1. The SMILES string of the molecule is CC1=Cc2ccccc2C1c1ccccc1C(C)(C)[N-]c1c(C)cc(C)cc1C.[Cl-].[Cl-].[Ti+3]. The van der Waals surface area contributed by atoms with Crippen LogP contribution >= 0.6 is 0 Å². The van der Waals surface area contributed by atoms with E-state index in [1.54, 1.807) is 0 Å². The Morgan fingerprint density at radius 1 is 0.750 bits per heavy atom. The molecule has 0 aliphatic heterocycles. The Morgan fingerprint density at radius 2 is 1.28 bits per heavy atom. The maximum Gasteiger partial charge on any atom is 3.00 e. The van der Waals surface area contributed by atoms with Crippen molar-refractivity contribution in [2.24, 2.45) is 0 Å². The summed E-state index contributed by atoms with van der Waals surface area (Å²) >= 11 is 0. The summed E-state index contributed by atoms with van der Waals surface area (Å²) in [5.41, 5.74) is 11.4. The summed E-state index contributed by atoms with van der Waals surface area (Å²) in [7, 11) is 0. The first-order chi connectivity index (χ1) is 13.8. The van der Waals surface area contributed by atoms with E-state index in [4.69, 9.17) is 5.32 Å². The summed E-state index contributed by atoms with van der Waals surface area (Å²) in [6.45, 7) is 13.2. The van der Waals surface area contributed by atoms with Crippen molar-refractivity contribution < 1.29 is 46.5 Å². The van der Waals surface area contributed by atoms with Gasteiger partial charge in [-0.2, -0.15) is 0 Å². The zero-order valence-electron chi connectivity index (χ0n) is 19.6. The molecule has 0 saturated heterocycles. The van der Waals surface area contributed by atoms with Crippen LogP contribution in [-0.4, -0.2) is 0 Å². The van der Waals surface area contributed by atoms with Crippen molar-refractivity contribution in [2.45, 2.75) is 53.0 Å². The average Bonchev–Trinajstić information content (AvgIpc) is 3.00. The first-order valence-electron chi connectivity index (χ1n) is 10.4. The monoisotopic (exact) mass is 498 g/mol. The van der Waals surface area contributed by atoms with Crippen LogP contribution in [-0.2, 0) is 27.3 Å². The van der Waals surface area contributed by atoms with E-state index >= 15 is 0 Å². The Balaban J connectivity index is 0.00000171. The molecular formula is C28H30Cl2NTi. The van der Waals surface area contributed by atoms with E-state index in [0.29, 0.717) is 5.92 Å². The van der Waals surface area contributed by atoms with Gasteiger partial charge in [-0.05, 0) is 44.4 Å². The molecule has 4 heteroatoms. The van der Waals surface area contributed by atoms with Gasteiger partial charge in [0.1, 0.15) is 0 Å². The molecule has 0 bridgehead atoms. The fraction of sp³-hybridized carbons (Fsp3) is 0.286. The zero-order valence-corrected chi connectivity index (χ0v) is 22.7. The molecule has 0 N–H and O–H groups in total. The number of nitrogens with zero attached hydrogens (tertiary/aromatic N) is 1. The summed E-state index contributed by atoms with van der Waals surface area (Å²) in [5.74, 6) is 0.303. The maximum atomic E-state index is 5.29. The number of aryl methyl sites for hydroxylation is 3. The third-order valence-electron chi connectivity index (χ3n) is 6.10. The molecule has 0 spiro atoms. The van der Waals surface area contributed by atoms with Gasteiger partial charge in [0.2, 0.25) is 0 Å². The predicted molar refractivity (Wildman–Crippen MR) is 125 cm³/mol. The van der Waals surface area contributed by atoms with Crippen molar-refractivity contribution in [2.75, 3.05) is 0 Å². The number of benzene rings is 3. The fourth-order valence-corrected chi connectivity index (χ4v) is 4.89. The number of hydrogen-bond donors (Lipinski definition) is 0. The van der Waals surface area contributed by atoms with Crippen LogP contribution in [0.15, 0.2) is 66.2 Å². The van der Waals surface area contributed by atoms with E-state index in [1.165, 1.54) is 44.5 Å².